The summed E-state index contributed by atoms with van der Waals surface area (Å²) in [6.07, 6.45) is -9.24. The zero-order valence-corrected chi connectivity index (χ0v) is 18.6. The average Bonchev–Trinajstić information content (AvgIpc) is 2.85. The van der Waals surface area contributed by atoms with Crippen molar-refractivity contribution >= 4 is 28.1 Å². The lowest BCUT2D eigenvalue weighted by molar-refractivity contribution is -0.138. The van der Waals surface area contributed by atoms with E-state index in [1.807, 2.05) is 4.90 Å². The van der Waals surface area contributed by atoms with Gasteiger partial charge in [-0.15, -0.1) is 4.91 Å². The molecule has 0 unspecified atom stereocenters. The number of carbonyl (C=O) groups is 1. The minimum Gasteiger partial charge on any atom is -0.484 e. The Morgan fingerprint density at radius 3 is 2.08 bits per heavy atom. The standard InChI is InChI=1S/C24H19F6N3O3/c25-23(26,27)16-3-5-17(6-4-16)32-9-11-33(12-10-32)21(34)14-36-18-7-1-15-2-8-20(31-35)22(19(15)13-18)24(28,29)30/h1-8,13H,9-12,14H2. The first-order valence-electron chi connectivity index (χ1n) is 10.8. The molecule has 0 spiro atoms. The van der Waals surface area contributed by atoms with Crippen LogP contribution in [0, 0.1) is 4.91 Å². The Balaban J connectivity index is 1.38. The SMILES string of the molecule is O=Nc1ccc2ccc(OCC(=O)N3CCN(c4ccc(C(F)(F)F)cc4)CC3)cc2c1C(F)(F)F. The molecule has 1 aliphatic heterocycles. The molecule has 36 heavy (non-hydrogen) atoms. The fraction of sp³-hybridized carbons (Fsp3) is 0.292. The third-order valence-electron chi connectivity index (χ3n) is 5.91. The molecule has 1 heterocycles. The molecule has 0 aromatic heterocycles. The highest BCUT2D eigenvalue weighted by Gasteiger charge is 2.36. The number of hydrogen-bond acceptors (Lipinski definition) is 5. The third-order valence-corrected chi connectivity index (χ3v) is 5.91. The van der Waals surface area contributed by atoms with Crippen LogP contribution in [0.5, 0.6) is 5.75 Å². The number of benzene rings is 3. The molecule has 0 aliphatic carbocycles. The normalized spacial score (nSPS) is 14.7. The van der Waals surface area contributed by atoms with Crippen LogP contribution in [0.2, 0.25) is 0 Å². The second-order valence-electron chi connectivity index (χ2n) is 8.13. The molecule has 3 aromatic rings. The second kappa shape index (κ2) is 9.67. The number of piperazine rings is 1. The van der Waals surface area contributed by atoms with Crippen LogP contribution < -0.4 is 9.64 Å². The van der Waals surface area contributed by atoms with E-state index in [-0.39, 0.29) is 22.4 Å². The van der Waals surface area contributed by atoms with E-state index in [1.165, 1.54) is 35.2 Å². The zero-order chi connectivity index (χ0) is 26.1. The van der Waals surface area contributed by atoms with Crippen LogP contribution in [-0.4, -0.2) is 43.6 Å². The van der Waals surface area contributed by atoms with Gasteiger partial charge in [0.05, 0.1) is 11.1 Å². The number of rotatable bonds is 5. The lowest BCUT2D eigenvalue weighted by Crippen LogP contribution is -2.50. The molecule has 0 bridgehead atoms. The first-order chi connectivity index (χ1) is 17.0. The quantitative estimate of drug-likeness (QED) is 0.311. The molecule has 4 rings (SSSR count). The van der Waals surface area contributed by atoms with E-state index in [2.05, 4.69) is 5.18 Å². The molecular formula is C24H19F6N3O3. The van der Waals surface area contributed by atoms with Crippen LogP contribution in [-0.2, 0) is 17.1 Å². The first-order valence-corrected chi connectivity index (χ1v) is 10.8. The maximum atomic E-state index is 13.5. The molecule has 190 valence electrons. The number of nitroso groups, excluding NO2 is 1. The smallest absolute Gasteiger partial charge is 0.419 e. The van der Waals surface area contributed by atoms with Gasteiger partial charge in [-0.3, -0.25) is 4.79 Å². The maximum Gasteiger partial charge on any atom is 0.419 e. The molecule has 0 saturated carbocycles. The number of hydrogen-bond donors (Lipinski definition) is 0. The highest BCUT2D eigenvalue weighted by molar-refractivity contribution is 5.91. The monoisotopic (exact) mass is 511 g/mol. The average molecular weight is 511 g/mol. The third kappa shape index (κ3) is 5.37. The van der Waals surface area contributed by atoms with Crippen molar-refractivity contribution in [1.29, 1.82) is 0 Å². The van der Waals surface area contributed by atoms with Gasteiger partial charge < -0.3 is 14.5 Å². The number of fused-ring (bicyclic) bond motifs is 1. The van der Waals surface area contributed by atoms with Crippen LogP contribution >= 0.6 is 0 Å². The van der Waals surface area contributed by atoms with Crippen molar-refractivity contribution in [3.63, 3.8) is 0 Å². The van der Waals surface area contributed by atoms with Crippen molar-refractivity contribution in [3.05, 3.63) is 70.6 Å². The van der Waals surface area contributed by atoms with Crippen LogP contribution in [0.3, 0.4) is 0 Å². The van der Waals surface area contributed by atoms with Crippen molar-refractivity contribution in [2.75, 3.05) is 37.7 Å². The van der Waals surface area contributed by atoms with E-state index in [0.29, 0.717) is 31.9 Å². The summed E-state index contributed by atoms with van der Waals surface area (Å²) >= 11 is 0. The van der Waals surface area contributed by atoms with Gasteiger partial charge in [0.15, 0.2) is 6.61 Å². The fourth-order valence-electron chi connectivity index (χ4n) is 4.06. The minimum atomic E-state index is -4.82. The van der Waals surface area contributed by atoms with Gasteiger partial charge in [-0.05, 0) is 58.4 Å². The summed E-state index contributed by atoms with van der Waals surface area (Å²) in [7, 11) is 0. The molecule has 1 amide bonds. The summed E-state index contributed by atoms with van der Waals surface area (Å²) in [6.45, 7) is 0.965. The van der Waals surface area contributed by atoms with Gasteiger partial charge in [0.2, 0.25) is 0 Å². The summed E-state index contributed by atoms with van der Waals surface area (Å²) in [6, 6.07) is 11.0. The fourth-order valence-corrected chi connectivity index (χ4v) is 4.06. The largest absolute Gasteiger partial charge is 0.484 e. The van der Waals surface area contributed by atoms with E-state index in [1.54, 1.807) is 0 Å². The summed E-state index contributed by atoms with van der Waals surface area (Å²) in [5.74, 6) is -0.366. The zero-order valence-electron chi connectivity index (χ0n) is 18.6. The molecule has 3 aromatic carbocycles. The Bertz CT molecular complexity index is 1270. The number of ether oxygens (including phenoxy) is 1. The topological polar surface area (TPSA) is 62.2 Å². The van der Waals surface area contributed by atoms with Crippen LogP contribution in [0.4, 0.5) is 37.7 Å². The number of alkyl halides is 6. The highest BCUT2D eigenvalue weighted by Crippen LogP contribution is 2.42. The predicted octanol–water partition coefficient (Wildman–Crippen LogP) is 6.00. The summed E-state index contributed by atoms with van der Waals surface area (Å²) in [5, 5.41) is 2.43. The molecule has 0 radical (unpaired) electrons. The minimum absolute atomic E-state index is 0.0211. The lowest BCUT2D eigenvalue weighted by Gasteiger charge is -2.36. The number of amides is 1. The number of anilines is 1. The Hall–Kier alpha value is -3.83. The van der Waals surface area contributed by atoms with Crippen molar-refractivity contribution < 1.29 is 35.9 Å². The number of halogens is 6. The van der Waals surface area contributed by atoms with Crippen LogP contribution in [0.25, 0.3) is 10.8 Å². The van der Waals surface area contributed by atoms with Gasteiger partial charge in [-0.25, -0.2) is 0 Å². The van der Waals surface area contributed by atoms with Gasteiger partial charge in [-0.1, -0.05) is 12.1 Å². The Kier molecular flexibility index (Phi) is 6.79. The van der Waals surface area contributed by atoms with Crippen molar-refractivity contribution in [1.82, 2.24) is 4.90 Å². The van der Waals surface area contributed by atoms with E-state index < -0.39 is 35.8 Å². The van der Waals surface area contributed by atoms with Crippen LogP contribution in [0.1, 0.15) is 11.1 Å². The van der Waals surface area contributed by atoms with Gasteiger partial charge >= 0.3 is 12.4 Å². The van der Waals surface area contributed by atoms with E-state index in [0.717, 1.165) is 24.3 Å². The second-order valence-corrected chi connectivity index (χ2v) is 8.13. The van der Waals surface area contributed by atoms with Crippen molar-refractivity contribution in [3.8, 4) is 5.75 Å². The van der Waals surface area contributed by atoms with Gasteiger partial charge in [0.25, 0.3) is 5.91 Å². The van der Waals surface area contributed by atoms with E-state index >= 15 is 0 Å². The Labute approximate surface area is 201 Å². The van der Waals surface area contributed by atoms with Gasteiger partial charge in [-0.2, -0.15) is 26.3 Å². The summed E-state index contributed by atoms with van der Waals surface area (Å²) in [5.41, 5.74) is -2.06. The summed E-state index contributed by atoms with van der Waals surface area (Å²) in [4.78, 5) is 26.8. The molecule has 0 N–H and O–H groups in total. The molecule has 6 nitrogen and oxygen atoms in total. The Morgan fingerprint density at radius 2 is 1.50 bits per heavy atom. The number of nitrogens with zero attached hydrogens (tertiary/aromatic N) is 3. The van der Waals surface area contributed by atoms with Crippen molar-refractivity contribution in [2.24, 2.45) is 5.18 Å². The highest BCUT2D eigenvalue weighted by atomic mass is 19.4. The molecule has 1 saturated heterocycles. The molecule has 1 aliphatic rings. The molecule has 12 heteroatoms. The lowest BCUT2D eigenvalue weighted by atomic mass is 10.0. The summed E-state index contributed by atoms with van der Waals surface area (Å²) < 4.78 is 84.2. The van der Waals surface area contributed by atoms with Crippen LogP contribution in [0.15, 0.2) is 59.8 Å². The van der Waals surface area contributed by atoms with Gasteiger partial charge in [0.1, 0.15) is 11.4 Å². The maximum absolute atomic E-state index is 13.5. The number of carbonyl (C=O) groups excluding carboxylic acids is 1. The first kappa shape index (κ1) is 25.3. The Morgan fingerprint density at radius 1 is 0.861 bits per heavy atom. The van der Waals surface area contributed by atoms with Gasteiger partial charge in [0, 0.05) is 31.9 Å². The molecular weight excluding hydrogens is 492 g/mol. The van der Waals surface area contributed by atoms with E-state index in [4.69, 9.17) is 4.74 Å². The molecule has 0 atom stereocenters. The predicted molar refractivity (Wildman–Crippen MR) is 120 cm³/mol. The van der Waals surface area contributed by atoms with E-state index in [9.17, 15) is 36.0 Å². The molecule has 1 fully saturated rings. The van der Waals surface area contributed by atoms with Crippen molar-refractivity contribution in [2.45, 2.75) is 12.4 Å².